The van der Waals surface area contributed by atoms with Gasteiger partial charge in [0.2, 0.25) is 0 Å². The first-order chi connectivity index (χ1) is 15.9. The summed E-state index contributed by atoms with van der Waals surface area (Å²) in [6.45, 7) is 0. The van der Waals surface area contributed by atoms with Crippen LogP contribution in [0.25, 0.3) is 21.8 Å². The fourth-order valence-electron chi connectivity index (χ4n) is 4.10. The monoisotopic (exact) mass is 462 g/mol. The second-order valence-electron chi connectivity index (χ2n) is 7.64. The molecule has 2 N–H and O–H groups in total. The average molecular weight is 463 g/mol. The standard InChI is InChI=1S/C25H22N2O5S/c1-31-23-14-18-13-22(25(28)17-8-9-20-16(12-17)10-11-26-20)27(21(18)15-24(23)32-2)33(29,30)19-6-4-3-5-7-19/h3-15,25-26,28H,1-2H3. The number of rotatable bonds is 6. The van der Waals surface area contributed by atoms with E-state index < -0.39 is 16.1 Å². The van der Waals surface area contributed by atoms with Gasteiger partial charge >= 0.3 is 0 Å². The van der Waals surface area contributed by atoms with Gasteiger partial charge in [-0.2, -0.15) is 0 Å². The van der Waals surface area contributed by atoms with E-state index in [1.54, 1.807) is 42.5 Å². The van der Waals surface area contributed by atoms with E-state index in [0.717, 1.165) is 10.9 Å². The first kappa shape index (κ1) is 21.1. The molecule has 2 heterocycles. The molecule has 8 heteroatoms. The Morgan fingerprint density at radius 1 is 0.879 bits per heavy atom. The second kappa shape index (κ2) is 7.99. The summed E-state index contributed by atoms with van der Waals surface area (Å²) in [7, 11) is -1.02. The molecular weight excluding hydrogens is 440 g/mol. The third-order valence-corrected chi connectivity index (χ3v) is 7.50. The Bertz CT molecular complexity index is 1570. The molecule has 0 amide bonds. The summed E-state index contributed by atoms with van der Waals surface area (Å²) in [4.78, 5) is 3.24. The highest BCUT2D eigenvalue weighted by Crippen LogP contribution is 2.38. The van der Waals surface area contributed by atoms with Gasteiger partial charge in [0.25, 0.3) is 10.0 Å². The Morgan fingerprint density at radius 3 is 2.33 bits per heavy atom. The SMILES string of the molecule is COc1cc2cc(C(O)c3ccc4[nH]ccc4c3)n(S(=O)(=O)c3ccccc3)c2cc1OC. The molecule has 0 radical (unpaired) electrons. The van der Waals surface area contributed by atoms with Crippen molar-refractivity contribution < 1.29 is 23.0 Å². The van der Waals surface area contributed by atoms with Crippen LogP contribution in [0, 0.1) is 0 Å². The first-order valence-corrected chi connectivity index (χ1v) is 11.7. The van der Waals surface area contributed by atoms with Crippen molar-refractivity contribution in [1.29, 1.82) is 0 Å². The molecule has 1 atom stereocenters. The van der Waals surface area contributed by atoms with E-state index >= 15 is 0 Å². The highest BCUT2D eigenvalue weighted by Gasteiger charge is 2.28. The molecular formula is C25H22N2O5S. The molecule has 2 aromatic heterocycles. The number of aliphatic hydroxyl groups is 1. The number of aromatic nitrogens is 2. The van der Waals surface area contributed by atoms with Crippen LogP contribution in [0.2, 0.25) is 0 Å². The van der Waals surface area contributed by atoms with Crippen LogP contribution in [0.1, 0.15) is 17.4 Å². The van der Waals surface area contributed by atoms with E-state index in [-0.39, 0.29) is 10.6 Å². The minimum Gasteiger partial charge on any atom is -0.493 e. The van der Waals surface area contributed by atoms with Crippen LogP contribution in [0.15, 0.2) is 83.9 Å². The fourth-order valence-corrected chi connectivity index (χ4v) is 5.66. The maximum atomic E-state index is 13.8. The topological polar surface area (TPSA) is 93.5 Å². The molecule has 168 valence electrons. The summed E-state index contributed by atoms with van der Waals surface area (Å²) in [5, 5.41) is 12.9. The van der Waals surface area contributed by atoms with Crippen molar-refractivity contribution in [1.82, 2.24) is 8.96 Å². The quantitative estimate of drug-likeness (QED) is 0.389. The lowest BCUT2D eigenvalue weighted by Gasteiger charge is -2.17. The summed E-state index contributed by atoms with van der Waals surface area (Å²) >= 11 is 0. The van der Waals surface area contributed by atoms with Crippen LogP contribution in [0.4, 0.5) is 0 Å². The molecule has 5 rings (SSSR count). The van der Waals surface area contributed by atoms with Crippen LogP contribution < -0.4 is 9.47 Å². The third-order valence-electron chi connectivity index (χ3n) is 5.74. The van der Waals surface area contributed by atoms with Crippen molar-refractivity contribution in [3.05, 3.63) is 90.3 Å². The molecule has 7 nitrogen and oxygen atoms in total. The van der Waals surface area contributed by atoms with E-state index in [0.29, 0.717) is 28.0 Å². The summed E-state index contributed by atoms with van der Waals surface area (Å²) in [6, 6.07) is 20.5. The van der Waals surface area contributed by atoms with Crippen LogP contribution >= 0.6 is 0 Å². The lowest BCUT2D eigenvalue weighted by atomic mass is 10.0. The van der Waals surface area contributed by atoms with Crippen molar-refractivity contribution >= 4 is 31.8 Å². The Kier molecular flexibility index (Phi) is 5.11. The second-order valence-corrected chi connectivity index (χ2v) is 9.43. The Labute approximate surface area is 190 Å². The molecule has 0 aliphatic carbocycles. The molecule has 3 aromatic carbocycles. The van der Waals surface area contributed by atoms with Gasteiger partial charge in [0, 0.05) is 23.2 Å². The number of nitrogens with zero attached hydrogens (tertiary/aromatic N) is 1. The number of aromatic amines is 1. The van der Waals surface area contributed by atoms with Crippen molar-refractivity contribution in [3.8, 4) is 11.5 Å². The number of hydrogen-bond acceptors (Lipinski definition) is 5. The summed E-state index contributed by atoms with van der Waals surface area (Å²) in [5.74, 6) is 0.858. The van der Waals surface area contributed by atoms with Crippen LogP contribution in [0.5, 0.6) is 11.5 Å². The molecule has 0 saturated heterocycles. The third kappa shape index (κ3) is 3.44. The predicted octanol–water partition coefficient (Wildman–Crippen LogP) is 4.46. The molecule has 0 saturated carbocycles. The molecule has 5 aromatic rings. The van der Waals surface area contributed by atoms with Crippen molar-refractivity contribution in [2.24, 2.45) is 0 Å². The molecule has 33 heavy (non-hydrogen) atoms. The Hall–Kier alpha value is -3.75. The maximum Gasteiger partial charge on any atom is 0.268 e. The predicted molar refractivity (Wildman–Crippen MR) is 126 cm³/mol. The smallest absolute Gasteiger partial charge is 0.268 e. The maximum absolute atomic E-state index is 13.8. The molecule has 0 fully saturated rings. The van der Waals surface area contributed by atoms with Gasteiger partial charge in [0.1, 0.15) is 6.10 Å². The summed E-state index contributed by atoms with van der Waals surface area (Å²) in [6.07, 6.45) is 0.628. The van der Waals surface area contributed by atoms with Crippen molar-refractivity contribution in [2.75, 3.05) is 14.2 Å². The molecule has 0 bridgehead atoms. The number of nitrogens with one attached hydrogen (secondary N) is 1. The van der Waals surface area contributed by atoms with Crippen molar-refractivity contribution in [2.45, 2.75) is 11.0 Å². The number of aliphatic hydroxyl groups excluding tert-OH is 1. The fraction of sp³-hybridized carbons (Fsp3) is 0.120. The zero-order valence-corrected chi connectivity index (χ0v) is 18.8. The minimum absolute atomic E-state index is 0.117. The normalized spacial score (nSPS) is 12.8. The van der Waals surface area contributed by atoms with Crippen molar-refractivity contribution in [3.63, 3.8) is 0 Å². The summed E-state index contributed by atoms with van der Waals surface area (Å²) < 4.78 is 39.5. The Balaban J connectivity index is 1.79. The number of ether oxygens (including phenoxy) is 2. The minimum atomic E-state index is -4.03. The zero-order valence-electron chi connectivity index (χ0n) is 18.0. The van der Waals surface area contributed by atoms with E-state index in [9.17, 15) is 13.5 Å². The first-order valence-electron chi connectivity index (χ1n) is 10.3. The van der Waals surface area contributed by atoms with Gasteiger partial charge < -0.3 is 19.6 Å². The van der Waals surface area contributed by atoms with Crippen LogP contribution in [-0.4, -0.2) is 36.7 Å². The van der Waals surface area contributed by atoms with Gasteiger partial charge in [-0.25, -0.2) is 12.4 Å². The lowest BCUT2D eigenvalue weighted by molar-refractivity contribution is 0.215. The molecule has 1 unspecified atom stereocenters. The van der Waals surface area contributed by atoms with E-state index in [1.165, 1.54) is 30.3 Å². The molecule has 0 aliphatic heterocycles. The van der Waals surface area contributed by atoms with Gasteiger partial charge in [0.05, 0.1) is 30.3 Å². The highest BCUT2D eigenvalue weighted by atomic mass is 32.2. The van der Waals surface area contributed by atoms with E-state index in [4.69, 9.17) is 9.47 Å². The highest BCUT2D eigenvalue weighted by molar-refractivity contribution is 7.90. The van der Waals surface area contributed by atoms with Crippen LogP contribution in [-0.2, 0) is 10.0 Å². The molecule has 0 aliphatic rings. The van der Waals surface area contributed by atoms with Gasteiger partial charge in [-0.3, -0.25) is 0 Å². The number of fused-ring (bicyclic) bond motifs is 2. The Morgan fingerprint density at radius 2 is 1.61 bits per heavy atom. The lowest BCUT2D eigenvalue weighted by Crippen LogP contribution is -2.18. The number of benzene rings is 3. The molecule has 0 spiro atoms. The van der Waals surface area contributed by atoms with Gasteiger partial charge in [-0.05, 0) is 53.4 Å². The number of H-pyrrole nitrogens is 1. The van der Waals surface area contributed by atoms with E-state index in [2.05, 4.69) is 4.98 Å². The van der Waals surface area contributed by atoms with Gasteiger partial charge in [-0.15, -0.1) is 0 Å². The van der Waals surface area contributed by atoms with Gasteiger partial charge in [0.15, 0.2) is 11.5 Å². The average Bonchev–Trinajstić information content (AvgIpc) is 3.47. The zero-order chi connectivity index (χ0) is 23.2. The largest absolute Gasteiger partial charge is 0.493 e. The van der Waals surface area contributed by atoms with Crippen LogP contribution in [0.3, 0.4) is 0 Å². The van der Waals surface area contributed by atoms with E-state index in [1.807, 2.05) is 24.4 Å². The number of hydrogen-bond donors (Lipinski definition) is 2. The summed E-state index contributed by atoms with van der Waals surface area (Å²) in [5.41, 5.74) is 2.11. The number of methoxy groups -OCH3 is 2. The van der Waals surface area contributed by atoms with Gasteiger partial charge in [-0.1, -0.05) is 24.3 Å².